The van der Waals surface area contributed by atoms with Crippen LogP contribution in [0.1, 0.15) is 28.2 Å². The van der Waals surface area contributed by atoms with Gasteiger partial charge < -0.3 is 26.2 Å². The zero-order chi connectivity index (χ0) is 28.8. The monoisotopic (exact) mass is 549 g/mol. The summed E-state index contributed by atoms with van der Waals surface area (Å²) >= 11 is 0. The third-order valence-electron chi connectivity index (χ3n) is 7.27. The lowest BCUT2D eigenvalue weighted by molar-refractivity contribution is -0.128. The maximum atomic E-state index is 13.4. The molecule has 0 heterocycles. The fourth-order valence-corrected chi connectivity index (χ4v) is 5.20. The number of aromatic hydroxyl groups is 1. The van der Waals surface area contributed by atoms with E-state index in [1.807, 2.05) is 66.7 Å². The predicted octanol–water partition coefficient (Wildman–Crippen LogP) is 4.05. The van der Waals surface area contributed by atoms with Crippen molar-refractivity contribution in [3.05, 3.63) is 125 Å². The van der Waals surface area contributed by atoms with Crippen LogP contribution in [0, 0.1) is 0 Å². The number of nitrogens with one attached hydrogen (secondary N) is 2. The summed E-state index contributed by atoms with van der Waals surface area (Å²) < 4.78 is 5.66. The summed E-state index contributed by atoms with van der Waals surface area (Å²) in [5.41, 5.74) is 11.5. The van der Waals surface area contributed by atoms with Crippen molar-refractivity contribution in [2.45, 2.75) is 30.8 Å². The van der Waals surface area contributed by atoms with Gasteiger partial charge in [-0.1, -0.05) is 91.0 Å². The van der Waals surface area contributed by atoms with Crippen LogP contribution in [0.4, 0.5) is 4.79 Å². The highest BCUT2D eigenvalue weighted by Crippen LogP contribution is 2.44. The molecule has 5 N–H and O–H groups in total. The van der Waals surface area contributed by atoms with Gasteiger partial charge in [-0.3, -0.25) is 9.59 Å². The highest BCUT2D eigenvalue weighted by molar-refractivity contribution is 5.91. The number of alkyl carbamates (subject to hydrolysis) is 1. The van der Waals surface area contributed by atoms with Crippen molar-refractivity contribution in [2.24, 2.45) is 5.73 Å². The number of primary amides is 1. The van der Waals surface area contributed by atoms with Gasteiger partial charge >= 0.3 is 6.09 Å². The largest absolute Gasteiger partial charge is 0.508 e. The first-order valence-electron chi connectivity index (χ1n) is 13.4. The van der Waals surface area contributed by atoms with Crippen LogP contribution in [0.2, 0.25) is 0 Å². The number of fused-ring (bicyclic) bond motifs is 3. The maximum absolute atomic E-state index is 13.4. The van der Waals surface area contributed by atoms with E-state index in [-0.39, 0.29) is 31.1 Å². The topological polar surface area (TPSA) is 131 Å². The number of nitrogens with two attached hydrogens (primary N) is 1. The Bertz CT molecular complexity index is 1490. The lowest BCUT2D eigenvalue weighted by Crippen LogP contribution is -2.54. The van der Waals surface area contributed by atoms with E-state index in [1.54, 1.807) is 12.1 Å². The predicted molar refractivity (Wildman–Crippen MR) is 155 cm³/mol. The van der Waals surface area contributed by atoms with Gasteiger partial charge in [0.15, 0.2) is 0 Å². The van der Waals surface area contributed by atoms with Gasteiger partial charge in [0.25, 0.3) is 0 Å². The molecule has 0 radical (unpaired) electrons. The molecule has 41 heavy (non-hydrogen) atoms. The van der Waals surface area contributed by atoms with Gasteiger partial charge in [-0.05, 0) is 45.5 Å². The Morgan fingerprint density at radius 3 is 1.85 bits per heavy atom. The van der Waals surface area contributed by atoms with Crippen molar-refractivity contribution in [3.63, 3.8) is 0 Å². The van der Waals surface area contributed by atoms with E-state index in [1.165, 1.54) is 12.1 Å². The van der Waals surface area contributed by atoms with E-state index in [0.717, 1.165) is 27.8 Å². The van der Waals surface area contributed by atoms with Crippen LogP contribution in [0.3, 0.4) is 0 Å². The first-order chi connectivity index (χ1) is 19.9. The van der Waals surface area contributed by atoms with Crippen LogP contribution in [0.5, 0.6) is 5.75 Å². The third-order valence-corrected chi connectivity index (χ3v) is 7.27. The maximum Gasteiger partial charge on any atom is 0.407 e. The Morgan fingerprint density at radius 2 is 1.24 bits per heavy atom. The Hall–Kier alpha value is -5.11. The number of benzene rings is 4. The summed E-state index contributed by atoms with van der Waals surface area (Å²) in [7, 11) is 0. The van der Waals surface area contributed by atoms with Crippen molar-refractivity contribution < 1.29 is 24.2 Å². The minimum atomic E-state index is -1.06. The Morgan fingerprint density at radius 1 is 0.707 bits per heavy atom. The quantitative estimate of drug-likeness (QED) is 0.237. The third kappa shape index (κ3) is 6.55. The van der Waals surface area contributed by atoms with Crippen LogP contribution in [0.25, 0.3) is 11.1 Å². The molecule has 0 saturated carbocycles. The minimum absolute atomic E-state index is 0.0795. The molecule has 2 atom stereocenters. The molecular weight excluding hydrogens is 518 g/mol. The molecule has 4 aromatic rings. The molecule has 208 valence electrons. The standard InChI is InChI=1S/C33H31N3O5/c34-31(38)29(18-21-8-2-1-3-9-21)35-32(39)30(19-22-14-16-23(37)17-15-22)36-33(40)41-20-28-26-12-6-4-10-24(26)25-11-5-7-13-27(25)28/h1-17,28-30,37H,18-20H2,(H2,34,38)(H,35,39)(H,36,40)/t29-,30-/m0/s1. The summed E-state index contributed by atoms with van der Waals surface area (Å²) in [6, 6.07) is 29.5. The van der Waals surface area contributed by atoms with E-state index in [0.29, 0.717) is 5.56 Å². The van der Waals surface area contributed by atoms with Gasteiger partial charge in [0.2, 0.25) is 11.8 Å². The Balaban J connectivity index is 1.29. The smallest absolute Gasteiger partial charge is 0.407 e. The number of rotatable bonds is 10. The minimum Gasteiger partial charge on any atom is -0.508 e. The molecule has 1 aliphatic rings. The van der Waals surface area contributed by atoms with Gasteiger partial charge in [0, 0.05) is 18.8 Å². The molecule has 0 bridgehead atoms. The summed E-state index contributed by atoms with van der Waals surface area (Å²) in [5, 5.41) is 15.0. The molecule has 8 nitrogen and oxygen atoms in total. The average Bonchev–Trinajstić information content (AvgIpc) is 3.30. The molecule has 0 fully saturated rings. The van der Waals surface area contributed by atoms with Crippen LogP contribution in [0.15, 0.2) is 103 Å². The van der Waals surface area contributed by atoms with Crippen molar-refractivity contribution in [1.82, 2.24) is 10.6 Å². The molecule has 8 heteroatoms. The lowest BCUT2D eigenvalue weighted by Gasteiger charge is -2.23. The molecule has 1 aliphatic carbocycles. The lowest BCUT2D eigenvalue weighted by atomic mass is 9.98. The van der Waals surface area contributed by atoms with Gasteiger partial charge in [0.05, 0.1) is 0 Å². The molecule has 0 unspecified atom stereocenters. The summed E-state index contributed by atoms with van der Waals surface area (Å²) in [5.74, 6) is -1.32. The molecule has 0 aliphatic heterocycles. The van der Waals surface area contributed by atoms with Crippen LogP contribution >= 0.6 is 0 Å². The number of hydrogen-bond donors (Lipinski definition) is 4. The van der Waals surface area contributed by atoms with E-state index in [9.17, 15) is 19.5 Å². The van der Waals surface area contributed by atoms with Crippen LogP contribution < -0.4 is 16.4 Å². The SMILES string of the molecule is NC(=O)[C@H](Cc1ccccc1)NC(=O)[C@H](Cc1ccc(O)cc1)NC(=O)OCC1c2ccccc2-c2ccccc21. The van der Waals surface area contributed by atoms with Crippen LogP contribution in [-0.4, -0.2) is 41.7 Å². The molecule has 5 rings (SSSR count). The second kappa shape index (κ2) is 12.4. The molecular formula is C33H31N3O5. The van der Waals surface area contributed by atoms with Gasteiger partial charge in [-0.2, -0.15) is 0 Å². The number of carbonyl (C=O) groups is 3. The molecule has 0 spiro atoms. The highest BCUT2D eigenvalue weighted by atomic mass is 16.5. The summed E-state index contributed by atoms with van der Waals surface area (Å²) in [6.07, 6.45) is -0.448. The fourth-order valence-electron chi connectivity index (χ4n) is 5.20. The number of hydrogen-bond acceptors (Lipinski definition) is 5. The zero-order valence-corrected chi connectivity index (χ0v) is 22.3. The molecule has 0 aromatic heterocycles. The van der Waals surface area contributed by atoms with E-state index in [4.69, 9.17) is 10.5 Å². The zero-order valence-electron chi connectivity index (χ0n) is 22.3. The Labute approximate surface area is 238 Å². The fraction of sp³-hybridized carbons (Fsp3) is 0.182. The number of carbonyl (C=O) groups excluding carboxylic acids is 3. The number of phenols is 1. The number of phenolic OH excluding ortho intramolecular Hbond substituents is 1. The number of ether oxygens (including phenoxy) is 1. The van der Waals surface area contributed by atoms with E-state index < -0.39 is 30.0 Å². The van der Waals surface area contributed by atoms with Crippen LogP contribution in [-0.2, 0) is 27.2 Å². The van der Waals surface area contributed by atoms with Gasteiger partial charge in [-0.25, -0.2) is 4.79 Å². The van der Waals surface area contributed by atoms with Gasteiger partial charge in [0.1, 0.15) is 24.4 Å². The first kappa shape index (κ1) is 27.5. The normalized spacial score (nSPS) is 13.4. The van der Waals surface area contributed by atoms with Crippen molar-refractivity contribution in [3.8, 4) is 16.9 Å². The highest BCUT2D eigenvalue weighted by Gasteiger charge is 2.30. The van der Waals surface area contributed by atoms with Crippen molar-refractivity contribution >= 4 is 17.9 Å². The van der Waals surface area contributed by atoms with E-state index >= 15 is 0 Å². The number of amides is 3. The molecule has 0 saturated heterocycles. The van der Waals surface area contributed by atoms with Crippen molar-refractivity contribution in [2.75, 3.05) is 6.61 Å². The van der Waals surface area contributed by atoms with Gasteiger partial charge in [-0.15, -0.1) is 0 Å². The summed E-state index contributed by atoms with van der Waals surface area (Å²) in [4.78, 5) is 38.7. The molecule has 3 amide bonds. The second-order valence-corrected chi connectivity index (χ2v) is 10.0. The van der Waals surface area contributed by atoms with E-state index in [2.05, 4.69) is 22.8 Å². The first-order valence-corrected chi connectivity index (χ1v) is 13.4. The molecule has 4 aromatic carbocycles. The van der Waals surface area contributed by atoms with Crippen molar-refractivity contribution in [1.29, 1.82) is 0 Å². The summed E-state index contributed by atoms with van der Waals surface area (Å²) in [6.45, 7) is 0.0886. The second-order valence-electron chi connectivity index (χ2n) is 10.0. The average molecular weight is 550 g/mol. The Kier molecular flexibility index (Phi) is 8.29.